The third kappa shape index (κ3) is 4.70. The lowest BCUT2D eigenvalue weighted by atomic mass is 10.1. The van der Waals surface area contributed by atoms with E-state index >= 15 is 0 Å². The molecule has 0 saturated carbocycles. The van der Waals surface area contributed by atoms with Crippen LogP contribution < -0.4 is 10.2 Å². The predicted molar refractivity (Wildman–Crippen MR) is 109 cm³/mol. The van der Waals surface area contributed by atoms with E-state index in [1.165, 1.54) is 11.3 Å². The van der Waals surface area contributed by atoms with Gasteiger partial charge in [0.15, 0.2) is 0 Å². The van der Waals surface area contributed by atoms with Crippen LogP contribution in [0.3, 0.4) is 0 Å². The normalized spacial score (nSPS) is 15.1. The Morgan fingerprint density at radius 2 is 1.77 bits per heavy atom. The summed E-state index contributed by atoms with van der Waals surface area (Å²) in [6, 6.07) is 13.3. The first-order valence-corrected chi connectivity index (χ1v) is 9.55. The number of nitrogens with one attached hydrogen (secondary N) is 1. The van der Waals surface area contributed by atoms with Crippen molar-refractivity contribution in [1.82, 2.24) is 10.2 Å². The molecule has 2 aromatic rings. The van der Waals surface area contributed by atoms with E-state index in [9.17, 15) is 4.79 Å². The average molecular weight is 392 g/mol. The van der Waals surface area contributed by atoms with Gasteiger partial charge in [0.2, 0.25) is 0 Å². The third-order valence-electron chi connectivity index (χ3n) is 4.70. The summed E-state index contributed by atoms with van der Waals surface area (Å²) in [4.78, 5) is 17.1. The summed E-state index contributed by atoms with van der Waals surface area (Å²) < 4.78 is 0. The fraction of sp³-hybridized carbons (Fsp3) is 0.350. The van der Waals surface area contributed by atoms with Gasteiger partial charge in [-0.1, -0.05) is 41.4 Å². The molecule has 0 aromatic heterocycles. The van der Waals surface area contributed by atoms with Gasteiger partial charge < -0.3 is 15.1 Å². The second-order valence-corrected chi connectivity index (χ2v) is 7.37. The Hall–Kier alpha value is -1.75. The van der Waals surface area contributed by atoms with E-state index in [4.69, 9.17) is 23.2 Å². The molecule has 0 radical (unpaired) electrons. The van der Waals surface area contributed by atoms with Crippen LogP contribution in [0.15, 0.2) is 42.5 Å². The maximum absolute atomic E-state index is 12.3. The molecule has 4 nitrogen and oxygen atoms in total. The number of hydrogen-bond donors (Lipinski definition) is 1. The molecular weight excluding hydrogens is 369 g/mol. The molecule has 0 bridgehead atoms. The number of benzene rings is 2. The minimum Gasteiger partial charge on any atom is -0.369 e. The van der Waals surface area contributed by atoms with E-state index in [2.05, 4.69) is 46.4 Å². The Kier molecular flexibility index (Phi) is 6.41. The van der Waals surface area contributed by atoms with Gasteiger partial charge in [0.05, 0.1) is 10.0 Å². The lowest BCUT2D eigenvalue weighted by molar-refractivity contribution is 0.0954. The summed E-state index contributed by atoms with van der Waals surface area (Å²) in [5, 5.41) is 3.80. The first kappa shape index (κ1) is 19.0. The van der Waals surface area contributed by atoms with E-state index in [1.807, 2.05) is 0 Å². The molecule has 1 saturated heterocycles. The van der Waals surface area contributed by atoms with E-state index in [0.29, 0.717) is 22.2 Å². The van der Waals surface area contributed by atoms with E-state index in [1.54, 1.807) is 18.2 Å². The Balaban J connectivity index is 1.59. The average Bonchev–Trinajstić information content (AvgIpc) is 2.65. The number of anilines is 1. The Bertz CT molecular complexity index is 773. The van der Waals surface area contributed by atoms with Gasteiger partial charge in [0.1, 0.15) is 0 Å². The number of carbonyl (C=O) groups excluding carboxylic acids is 1. The highest BCUT2D eigenvalue weighted by molar-refractivity contribution is 6.42. The van der Waals surface area contributed by atoms with Gasteiger partial charge in [-0.25, -0.2) is 0 Å². The summed E-state index contributed by atoms with van der Waals surface area (Å²) in [6.45, 7) is 4.78. The van der Waals surface area contributed by atoms with Gasteiger partial charge in [0.25, 0.3) is 5.91 Å². The van der Waals surface area contributed by atoms with Crippen molar-refractivity contribution in [2.75, 3.05) is 44.7 Å². The molecular formula is C20H23Cl2N3O. The zero-order valence-electron chi connectivity index (χ0n) is 14.8. The zero-order chi connectivity index (χ0) is 18.5. The van der Waals surface area contributed by atoms with E-state index in [-0.39, 0.29) is 5.91 Å². The molecule has 6 heteroatoms. The Labute approximate surface area is 164 Å². The third-order valence-corrected chi connectivity index (χ3v) is 5.44. The molecule has 0 unspecified atom stereocenters. The minimum absolute atomic E-state index is 0.138. The van der Waals surface area contributed by atoms with E-state index < -0.39 is 0 Å². The summed E-state index contributed by atoms with van der Waals surface area (Å²) in [6.07, 6.45) is 0.787. The molecule has 138 valence electrons. The molecule has 1 N–H and O–H groups in total. The number of carbonyl (C=O) groups is 1. The van der Waals surface area contributed by atoms with Gasteiger partial charge >= 0.3 is 0 Å². The molecule has 3 rings (SSSR count). The number of nitrogens with zero attached hydrogens (tertiary/aromatic N) is 2. The van der Waals surface area contributed by atoms with Crippen molar-refractivity contribution in [2.45, 2.75) is 6.42 Å². The number of amides is 1. The van der Waals surface area contributed by atoms with Crippen LogP contribution >= 0.6 is 23.2 Å². The summed E-state index contributed by atoms with van der Waals surface area (Å²) in [5.41, 5.74) is 3.04. The van der Waals surface area contributed by atoms with Gasteiger partial charge in [-0.2, -0.15) is 0 Å². The molecule has 1 amide bonds. The van der Waals surface area contributed by atoms with Crippen molar-refractivity contribution < 1.29 is 4.79 Å². The van der Waals surface area contributed by atoms with Crippen LogP contribution in [0.4, 0.5) is 5.69 Å². The first-order valence-electron chi connectivity index (χ1n) is 8.79. The molecule has 0 aliphatic carbocycles. The van der Waals surface area contributed by atoms with Crippen molar-refractivity contribution in [1.29, 1.82) is 0 Å². The van der Waals surface area contributed by atoms with Gasteiger partial charge in [-0.05, 0) is 43.3 Å². The van der Waals surface area contributed by atoms with Crippen LogP contribution in [0.5, 0.6) is 0 Å². The topological polar surface area (TPSA) is 35.6 Å². The molecule has 1 heterocycles. The van der Waals surface area contributed by atoms with Crippen LogP contribution in [-0.2, 0) is 6.42 Å². The highest BCUT2D eigenvalue weighted by Crippen LogP contribution is 2.23. The number of para-hydroxylation sites is 1. The summed E-state index contributed by atoms with van der Waals surface area (Å²) in [5.74, 6) is -0.138. The number of halogens is 2. The predicted octanol–water partition coefficient (Wildman–Crippen LogP) is 3.72. The maximum atomic E-state index is 12.3. The lowest BCUT2D eigenvalue weighted by Gasteiger charge is -2.35. The first-order chi connectivity index (χ1) is 12.5. The van der Waals surface area contributed by atoms with Crippen molar-refractivity contribution in [3.63, 3.8) is 0 Å². The number of likely N-dealkylation sites (N-methyl/N-ethyl adjacent to an activating group) is 1. The highest BCUT2D eigenvalue weighted by Gasteiger charge is 2.16. The van der Waals surface area contributed by atoms with Crippen molar-refractivity contribution in [2.24, 2.45) is 0 Å². The van der Waals surface area contributed by atoms with E-state index in [0.717, 1.165) is 32.6 Å². The van der Waals surface area contributed by atoms with Crippen LogP contribution in [0.25, 0.3) is 0 Å². The largest absolute Gasteiger partial charge is 0.369 e. The Morgan fingerprint density at radius 3 is 2.50 bits per heavy atom. The maximum Gasteiger partial charge on any atom is 0.251 e. The minimum atomic E-state index is -0.138. The SMILES string of the molecule is CN1CCN(c2ccccc2CCNC(=O)c2ccc(Cl)c(Cl)c2)CC1. The number of rotatable bonds is 5. The molecule has 26 heavy (non-hydrogen) atoms. The van der Waals surface area contributed by atoms with Crippen LogP contribution in [0, 0.1) is 0 Å². The second kappa shape index (κ2) is 8.76. The van der Waals surface area contributed by atoms with Gasteiger partial charge in [-0.3, -0.25) is 4.79 Å². The molecule has 1 aliphatic heterocycles. The standard InChI is InChI=1S/C20H23Cl2N3O/c1-24-10-12-25(13-11-24)19-5-3-2-4-15(19)8-9-23-20(26)16-6-7-17(21)18(22)14-16/h2-7,14H,8-13H2,1H3,(H,23,26). The van der Waals surface area contributed by atoms with Crippen LogP contribution in [0.2, 0.25) is 10.0 Å². The van der Waals surface area contributed by atoms with Crippen molar-refractivity contribution >= 4 is 34.8 Å². The summed E-state index contributed by atoms with van der Waals surface area (Å²) >= 11 is 11.9. The molecule has 1 aliphatic rings. The zero-order valence-corrected chi connectivity index (χ0v) is 16.4. The van der Waals surface area contributed by atoms with Crippen molar-refractivity contribution in [3.8, 4) is 0 Å². The number of piperazine rings is 1. The molecule has 2 aromatic carbocycles. The van der Waals surface area contributed by atoms with Crippen molar-refractivity contribution in [3.05, 3.63) is 63.6 Å². The van der Waals surface area contributed by atoms with Crippen LogP contribution in [-0.4, -0.2) is 50.6 Å². The summed E-state index contributed by atoms with van der Waals surface area (Å²) in [7, 11) is 2.15. The molecule has 0 spiro atoms. The highest BCUT2D eigenvalue weighted by atomic mass is 35.5. The molecule has 1 fully saturated rings. The fourth-order valence-corrected chi connectivity index (χ4v) is 3.43. The molecule has 0 atom stereocenters. The quantitative estimate of drug-likeness (QED) is 0.843. The second-order valence-electron chi connectivity index (χ2n) is 6.55. The van der Waals surface area contributed by atoms with Gasteiger partial charge in [-0.15, -0.1) is 0 Å². The monoisotopic (exact) mass is 391 g/mol. The van der Waals surface area contributed by atoms with Gasteiger partial charge in [0, 0.05) is 44.0 Å². The Morgan fingerprint density at radius 1 is 1.04 bits per heavy atom. The lowest BCUT2D eigenvalue weighted by Crippen LogP contribution is -2.44. The fourth-order valence-electron chi connectivity index (χ4n) is 3.13. The smallest absolute Gasteiger partial charge is 0.251 e. The van der Waals surface area contributed by atoms with Crippen LogP contribution in [0.1, 0.15) is 15.9 Å². The number of hydrogen-bond acceptors (Lipinski definition) is 3.